The van der Waals surface area contributed by atoms with Crippen LogP contribution in [0.25, 0.3) is 0 Å². The summed E-state index contributed by atoms with van der Waals surface area (Å²) in [6.07, 6.45) is -1.08. The van der Waals surface area contributed by atoms with Gasteiger partial charge in [0.2, 0.25) is 0 Å². The third kappa shape index (κ3) is 3.64. The maximum atomic E-state index is 12.6. The summed E-state index contributed by atoms with van der Waals surface area (Å²) in [7, 11) is 0. The fraction of sp³-hybridized carbons (Fsp3) is 0.600. The molecule has 3 atom stereocenters. The normalized spacial score (nSPS) is 28.2. The molecule has 1 aliphatic rings. The molecule has 2 rings (SSSR count). The third-order valence-electron chi connectivity index (χ3n) is 4.16. The van der Waals surface area contributed by atoms with Crippen molar-refractivity contribution in [2.75, 3.05) is 5.32 Å². The van der Waals surface area contributed by atoms with Crippen molar-refractivity contribution < 1.29 is 13.2 Å². The second-order valence-electron chi connectivity index (χ2n) is 5.69. The van der Waals surface area contributed by atoms with Gasteiger partial charge in [0.25, 0.3) is 0 Å². The standard InChI is InChI=1S/C15H20F3N/c1-10-6-7-14(8-11(10)2)19-13-5-3-4-12(9-13)15(16,17)18/h3-5,9-11,14,19H,6-8H2,1-2H3. The first-order valence-electron chi connectivity index (χ1n) is 6.80. The molecule has 1 aromatic carbocycles. The topological polar surface area (TPSA) is 12.0 Å². The average Bonchev–Trinajstić information content (AvgIpc) is 2.33. The summed E-state index contributed by atoms with van der Waals surface area (Å²) in [5.41, 5.74) is -0.0173. The van der Waals surface area contributed by atoms with Gasteiger partial charge in [0.15, 0.2) is 0 Å². The van der Waals surface area contributed by atoms with Crippen LogP contribution >= 0.6 is 0 Å². The fourth-order valence-corrected chi connectivity index (χ4v) is 2.70. The number of hydrogen-bond donors (Lipinski definition) is 1. The first-order chi connectivity index (χ1) is 8.86. The van der Waals surface area contributed by atoms with Crippen LogP contribution < -0.4 is 5.32 Å². The van der Waals surface area contributed by atoms with Gasteiger partial charge in [-0.25, -0.2) is 0 Å². The summed E-state index contributed by atoms with van der Waals surface area (Å²) in [6, 6.07) is 5.76. The molecule has 4 heteroatoms. The molecule has 0 radical (unpaired) electrons. The first kappa shape index (κ1) is 14.2. The quantitative estimate of drug-likeness (QED) is 0.803. The van der Waals surface area contributed by atoms with Crippen molar-refractivity contribution in [3.63, 3.8) is 0 Å². The molecule has 3 unspecified atom stereocenters. The molecule has 106 valence electrons. The highest BCUT2D eigenvalue weighted by Gasteiger charge is 2.31. The lowest BCUT2D eigenvalue weighted by Crippen LogP contribution is -2.30. The molecular formula is C15H20F3N. The van der Waals surface area contributed by atoms with E-state index in [1.807, 2.05) is 0 Å². The first-order valence-corrected chi connectivity index (χ1v) is 6.80. The van der Waals surface area contributed by atoms with Gasteiger partial charge in [-0.2, -0.15) is 13.2 Å². The number of benzene rings is 1. The third-order valence-corrected chi connectivity index (χ3v) is 4.16. The van der Waals surface area contributed by atoms with E-state index in [4.69, 9.17) is 0 Å². The summed E-state index contributed by atoms with van der Waals surface area (Å²) in [4.78, 5) is 0. The van der Waals surface area contributed by atoms with Crippen LogP contribution in [0.5, 0.6) is 0 Å². The lowest BCUT2D eigenvalue weighted by molar-refractivity contribution is -0.137. The Kier molecular flexibility index (Phi) is 4.07. The second kappa shape index (κ2) is 5.43. The molecule has 0 amide bonds. The number of anilines is 1. The minimum absolute atomic E-state index is 0.287. The molecule has 1 aromatic rings. The van der Waals surface area contributed by atoms with Crippen molar-refractivity contribution in [2.45, 2.75) is 45.3 Å². The van der Waals surface area contributed by atoms with Gasteiger partial charge in [0.1, 0.15) is 0 Å². The van der Waals surface area contributed by atoms with E-state index in [2.05, 4.69) is 19.2 Å². The van der Waals surface area contributed by atoms with E-state index in [-0.39, 0.29) is 6.04 Å². The van der Waals surface area contributed by atoms with Crippen LogP contribution in [0.2, 0.25) is 0 Å². The van der Waals surface area contributed by atoms with Crippen LogP contribution in [0.1, 0.15) is 38.7 Å². The Bertz CT molecular complexity index is 428. The average molecular weight is 271 g/mol. The molecular weight excluding hydrogens is 251 g/mol. The molecule has 0 heterocycles. The van der Waals surface area contributed by atoms with Gasteiger partial charge in [-0.15, -0.1) is 0 Å². The molecule has 0 spiro atoms. The van der Waals surface area contributed by atoms with Crippen molar-refractivity contribution in [1.29, 1.82) is 0 Å². The number of nitrogens with one attached hydrogen (secondary N) is 1. The monoisotopic (exact) mass is 271 g/mol. The van der Waals surface area contributed by atoms with E-state index in [1.165, 1.54) is 12.1 Å². The van der Waals surface area contributed by atoms with Crippen LogP contribution in [0.4, 0.5) is 18.9 Å². The molecule has 1 aliphatic carbocycles. The van der Waals surface area contributed by atoms with Gasteiger partial charge in [-0.1, -0.05) is 19.9 Å². The van der Waals surface area contributed by atoms with Crippen LogP contribution in [-0.2, 0) is 6.18 Å². The zero-order valence-electron chi connectivity index (χ0n) is 11.3. The summed E-state index contributed by atoms with van der Waals surface area (Å²) >= 11 is 0. The largest absolute Gasteiger partial charge is 0.416 e. The highest BCUT2D eigenvalue weighted by atomic mass is 19.4. The molecule has 0 saturated heterocycles. The van der Waals surface area contributed by atoms with E-state index in [1.54, 1.807) is 6.07 Å². The van der Waals surface area contributed by atoms with Crippen molar-refractivity contribution >= 4 is 5.69 Å². The maximum Gasteiger partial charge on any atom is 0.416 e. The Morgan fingerprint density at radius 2 is 1.84 bits per heavy atom. The number of alkyl halides is 3. The van der Waals surface area contributed by atoms with E-state index < -0.39 is 11.7 Å². The Hall–Kier alpha value is -1.19. The Morgan fingerprint density at radius 3 is 2.47 bits per heavy atom. The van der Waals surface area contributed by atoms with Gasteiger partial charge < -0.3 is 5.32 Å². The highest BCUT2D eigenvalue weighted by molar-refractivity contribution is 5.47. The molecule has 0 aliphatic heterocycles. The van der Waals surface area contributed by atoms with Crippen molar-refractivity contribution in [3.8, 4) is 0 Å². The second-order valence-corrected chi connectivity index (χ2v) is 5.69. The van der Waals surface area contributed by atoms with Crippen LogP contribution in [0.3, 0.4) is 0 Å². The van der Waals surface area contributed by atoms with Gasteiger partial charge in [0.05, 0.1) is 5.56 Å². The van der Waals surface area contributed by atoms with Crippen LogP contribution in [0, 0.1) is 11.8 Å². The smallest absolute Gasteiger partial charge is 0.382 e. The number of hydrogen-bond acceptors (Lipinski definition) is 1. The lowest BCUT2D eigenvalue weighted by Gasteiger charge is -2.33. The lowest BCUT2D eigenvalue weighted by atomic mass is 9.79. The number of halogens is 3. The summed E-state index contributed by atoms with van der Waals surface area (Å²) in [5, 5.41) is 3.24. The van der Waals surface area contributed by atoms with Crippen LogP contribution in [-0.4, -0.2) is 6.04 Å². The Labute approximate surface area is 112 Å². The van der Waals surface area contributed by atoms with Gasteiger partial charge in [-0.3, -0.25) is 0 Å². The van der Waals surface area contributed by atoms with Gasteiger partial charge >= 0.3 is 6.18 Å². The summed E-state index contributed by atoms with van der Waals surface area (Å²) in [6.45, 7) is 4.45. The summed E-state index contributed by atoms with van der Waals surface area (Å²) in [5.74, 6) is 1.33. The molecule has 19 heavy (non-hydrogen) atoms. The zero-order valence-corrected chi connectivity index (χ0v) is 11.3. The predicted octanol–water partition coefficient (Wildman–Crippen LogP) is 4.94. The molecule has 1 nitrogen and oxygen atoms in total. The molecule has 1 N–H and O–H groups in total. The summed E-state index contributed by atoms with van der Waals surface area (Å²) < 4.78 is 37.9. The Morgan fingerprint density at radius 1 is 1.11 bits per heavy atom. The minimum atomic E-state index is -4.27. The van der Waals surface area contributed by atoms with Crippen molar-refractivity contribution in [3.05, 3.63) is 29.8 Å². The van der Waals surface area contributed by atoms with Crippen LogP contribution in [0.15, 0.2) is 24.3 Å². The zero-order chi connectivity index (χ0) is 14.0. The minimum Gasteiger partial charge on any atom is -0.382 e. The molecule has 1 fully saturated rings. The SMILES string of the molecule is CC1CCC(Nc2cccc(C(F)(F)F)c2)CC1C. The van der Waals surface area contributed by atoms with Crippen molar-refractivity contribution in [1.82, 2.24) is 0 Å². The van der Waals surface area contributed by atoms with E-state index in [0.717, 1.165) is 25.3 Å². The van der Waals surface area contributed by atoms with Gasteiger partial charge in [0, 0.05) is 11.7 Å². The van der Waals surface area contributed by atoms with E-state index >= 15 is 0 Å². The Balaban J connectivity index is 2.04. The molecule has 0 aromatic heterocycles. The fourth-order valence-electron chi connectivity index (χ4n) is 2.70. The van der Waals surface area contributed by atoms with E-state index in [9.17, 15) is 13.2 Å². The number of rotatable bonds is 2. The van der Waals surface area contributed by atoms with Crippen molar-refractivity contribution in [2.24, 2.45) is 11.8 Å². The maximum absolute atomic E-state index is 12.6. The molecule has 0 bridgehead atoms. The molecule has 1 saturated carbocycles. The highest BCUT2D eigenvalue weighted by Crippen LogP contribution is 2.33. The predicted molar refractivity (Wildman–Crippen MR) is 71.0 cm³/mol. The van der Waals surface area contributed by atoms with E-state index in [0.29, 0.717) is 17.5 Å². The van der Waals surface area contributed by atoms with Gasteiger partial charge in [-0.05, 0) is 49.3 Å².